The summed E-state index contributed by atoms with van der Waals surface area (Å²) in [5, 5.41) is 0. The Morgan fingerprint density at radius 1 is 1.22 bits per heavy atom. The molecule has 96 valence electrons. The molecule has 3 nitrogen and oxygen atoms in total. The number of ether oxygens (including phenoxy) is 2. The van der Waals surface area contributed by atoms with Crippen molar-refractivity contribution < 1.29 is 9.47 Å². The second-order valence-electron chi connectivity index (χ2n) is 4.71. The third kappa shape index (κ3) is 2.49. The van der Waals surface area contributed by atoms with Gasteiger partial charge in [0, 0.05) is 25.9 Å². The molecule has 1 aromatic rings. The lowest BCUT2D eigenvalue weighted by Gasteiger charge is -2.29. The van der Waals surface area contributed by atoms with Crippen LogP contribution >= 0.6 is 12.2 Å². The van der Waals surface area contributed by atoms with Gasteiger partial charge in [0.25, 0.3) is 0 Å². The highest BCUT2D eigenvalue weighted by Gasteiger charge is 2.16. The zero-order chi connectivity index (χ0) is 12.4. The summed E-state index contributed by atoms with van der Waals surface area (Å²) in [6, 6.07) is 6.42. The standard InChI is InChI=1S/C14H17NO2S/c18-14(15-4-7-16-8-5-15)10-11-1-2-13-12(9-11)3-6-17-13/h1-2,9H,3-8,10H2. The van der Waals surface area contributed by atoms with E-state index in [0.717, 1.165) is 56.5 Å². The van der Waals surface area contributed by atoms with E-state index in [1.165, 1.54) is 11.1 Å². The van der Waals surface area contributed by atoms with Gasteiger partial charge >= 0.3 is 0 Å². The van der Waals surface area contributed by atoms with Gasteiger partial charge in [-0.05, 0) is 17.2 Å². The molecule has 1 saturated heterocycles. The van der Waals surface area contributed by atoms with E-state index < -0.39 is 0 Å². The minimum atomic E-state index is 0.790. The van der Waals surface area contributed by atoms with Crippen molar-refractivity contribution in [2.75, 3.05) is 32.9 Å². The number of benzene rings is 1. The number of thiocarbonyl (C=S) groups is 1. The van der Waals surface area contributed by atoms with Crippen LogP contribution in [0.3, 0.4) is 0 Å². The zero-order valence-corrected chi connectivity index (χ0v) is 11.2. The van der Waals surface area contributed by atoms with E-state index in [1.54, 1.807) is 0 Å². The average Bonchev–Trinajstić information content (AvgIpc) is 2.87. The molecule has 0 radical (unpaired) electrons. The van der Waals surface area contributed by atoms with Gasteiger partial charge in [0.2, 0.25) is 0 Å². The summed E-state index contributed by atoms with van der Waals surface area (Å²) >= 11 is 5.52. The van der Waals surface area contributed by atoms with Crippen LogP contribution < -0.4 is 4.74 Å². The van der Waals surface area contributed by atoms with Crippen LogP contribution in [0.15, 0.2) is 18.2 Å². The van der Waals surface area contributed by atoms with Crippen LogP contribution in [0, 0.1) is 0 Å². The second-order valence-corrected chi connectivity index (χ2v) is 5.18. The Hall–Kier alpha value is -1.13. The molecule has 1 aromatic carbocycles. The summed E-state index contributed by atoms with van der Waals surface area (Å²) < 4.78 is 10.9. The molecule has 18 heavy (non-hydrogen) atoms. The minimum absolute atomic E-state index is 0.790. The predicted octanol–water partition coefficient (Wildman–Crippen LogP) is 1.82. The third-order valence-corrected chi connectivity index (χ3v) is 3.88. The average molecular weight is 263 g/mol. The minimum Gasteiger partial charge on any atom is -0.493 e. The predicted molar refractivity (Wildman–Crippen MR) is 74.3 cm³/mol. The maximum atomic E-state index is 5.52. The molecule has 4 heteroatoms. The monoisotopic (exact) mass is 263 g/mol. The lowest BCUT2D eigenvalue weighted by atomic mass is 10.1. The fourth-order valence-electron chi connectivity index (χ4n) is 2.45. The van der Waals surface area contributed by atoms with Crippen LogP contribution in [-0.4, -0.2) is 42.8 Å². The molecule has 0 amide bonds. The first-order valence-corrected chi connectivity index (χ1v) is 6.84. The highest BCUT2D eigenvalue weighted by Crippen LogP contribution is 2.26. The van der Waals surface area contributed by atoms with Gasteiger partial charge in [0.05, 0.1) is 24.8 Å². The summed E-state index contributed by atoms with van der Waals surface area (Å²) in [4.78, 5) is 3.28. The summed E-state index contributed by atoms with van der Waals surface area (Å²) in [5.74, 6) is 1.04. The molecule has 0 aromatic heterocycles. The first kappa shape index (κ1) is 11.9. The van der Waals surface area contributed by atoms with Crippen molar-refractivity contribution in [3.05, 3.63) is 29.3 Å². The van der Waals surface area contributed by atoms with Gasteiger partial charge in [0.1, 0.15) is 5.75 Å². The van der Waals surface area contributed by atoms with E-state index in [2.05, 4.69) is 23.1 Å². The summed E-state index contributed by atoms with van der Waals surface area (Å²) in [7, 11) is 0. The molecular formula is C14H17NO2S. The summed E-state index contributed by atoms with van der Waals surface area (Å²) in [6.45, 7) is 4.24. The molecule has 2 heterocycles. The van der Waals surface area contributed by atoms with E-state index >= 15 is 0 Å². The topological polar surface area (TPSA) is 21.7 Å². The Kier molecular flexibility index (Phi) is 3.48. The van der Waals surface area contributed by atoms with Gasteiger partial charge in [-0.25, -0.2) is 0 Å². The van der Waals surface area contributed by atoms with Crippen molar-refractivity contribution in [1.29, 1.82) is 0 Å². The molecule has 0 N–H and O–H groups in total. The van der Waals surface area contributed by atoms with Crippen LogP contribution in [0.4, 0.5) is 0 Å². The Bertz CT molecular complexity index is 455. The molecule has 2 aliphatic heterocycles. The maximum absolute atomic E-state index is 5.52. The van der Waals surface area contributed by atoms with Gasteiger partial charge in [0.15, 0.2) is 0 Å². The molecule has 1 fully saturated rings. The van der Waals surface area contributed by atoms with E-state index in [0.29, 0.717) is 0 Å². The van der Waals surface area contributed by atoms with Crippen LogP contribution in [0.25, 0.3) is 0 Å². The number of rotatable bonds is 2. The molecule has 0 spiro atoms. The molecule has 2 aliphatic rings. The quantitative estimate of drug-likeness (QED) is 0.759. The highest BCUT2D eigenvalue weighted by molar-refractivity contribution is 7.80. The van der Waals surface area contributed by atoms with Crippen molar-refractivity contribution in [1.82, 2.24) is 4.90 Å². The van der Waals surface area contributed by atoms with Crippen molar-refractivity contribution in [2.24, 2.45) is 0 Å². The van der Waals surface area contributed by atoms with Gasteiger partial charge in [-0.3, -0.25) is 0 Å². The van der Waals surface area contributed by atoms with Gasteiger partial charge in [-0.2, -0.15) is 0 Å². The lowest BCUT2D eigenvalue weighted by Crippen LogP contribution is -2.40. The Balaban J connectivity index is 1.66. The first-order chi connectivity index (χ1) is 8.83. The number of hydrogen-bond acceptors (Lipinski definition) is 3. The fourth-order valence-corrected chi connectivity index (χ4v) is 2.80. The molecule has 3 rings (SSSR count). The molecule has 0 saturated carbocycles. The molecule has 0 aliphatic carbocycles. The van der Waals surface area contributed by atoms with E-state index in [9.17, 15) is 0 Å². The molecular weight excluding hydrogens is 246 g/mol. The number of fused-ring (bicyclic) bond motifs is 1. The van der Waals surface area contributed by atoms with Crippen LogP contribution in [0.5, 0.6) is 5.75 Å². The van der Waals surface area contributed by atoms with Gasteiger partial charge in [-0.15, -0.1) is 0 Å². The van der Waals surface area contributed by atoms with Crippen molar-refractivity contribution >= 4 is 17.2 Å². The number of hydrogen-bond donors (Lipinski definition) is 0. The molecule has 0 bridgehead atoms. The van der Waals surface area contributed by atoms with E-state index in [-0.39, 0.29) is 0 Å². The summed E-state index contributed by atoms with van der Waals surface area (Å²) in [5.41, 5.74) is 2.60. The Morgan fingerprint density at radius 3 is 2.89 bits per heavy atom. The number of nitrogens with zero attached hydrogens (tertiary/aromatic N) is 1. The van der Waals surface area contributed by atoms with E-state index in [4.69, 9.17) is 21.7 Å². The van der Waals surface area contributed by atoms with Crippen molar-refractivity contribution in [3.8, 4) is 5.75 Å². The van der Waals surface area contributed by atoms with Crippen LogP contribution in [-0.2, 0) is 17.6 Å². The lowest BCUT2D eigenvalue weighted by molar-refractivity contribution is 0.0684. The zero-order valence-electron chi connectivity index (χ0n) is 10.4. The first-order valence-electron chi connectivity index (χ1n) is 6.43. The Labute approximate surface area is 113 Å². The largest absolute Gasteiger partial charge is 0.493 e. The Morgan fingerprint density at radius 2 is 2.06 bits per heavy atom. The van der Waals surface area contributed by atoms with E-state index in [1.807, 2.05) is 0 Å². The van der Waals surface area contributed by atoms with Gasteiger partial charge in [-0.1, -0.05) is 24.4 Å². The maximum Gasteiger partial charge on any atom is 0.122 e. The third-order valence-electron chi connectivity index (χ3n) is 3.47. The number of morpholine rings is 1. The normalized spacial score (nSPS) is 18.3. The second kappa shape index (κ2) is 5.24. The SMILES string of the molecule is S=C(Cc1ccc2c(c1)CCO2)N1CCOCC1. The highest BCUT2D eigenvalue weighted by atomic mass is 32.1. The fraction of sp³-hybridized carbons (Fsp3) is 0.500. The van der Waals surface area contributed by atoms with Crippen LogP contribution in [0.1, 0.15) is 11.1 Å². The summed E-state index contributed by atoms with van der Waals surface area (Å²) in [6.07, 6.45) is 1.87. The smallest absolute Gasteiger partial charge is 0.122 e. The molecule has 0 atom stereocenters. The van der Waals surface area contributed by atoms with Gasteiger partial charge < -0.3 is 14.4 Å². The van der Waals surface area contributed by atoms with Crippen molar-refractivity contribution in [3.63, 3.8) is 0 Å². The van der Waals surface area contributed by atoms with Crippen molar-refractivity contribution in [2.45, 2.75) is 12.8 Å². The molecule has 0 unspecified atom stereocenters. The van der Waals surface area contributed by atoms with Crippen LogP contribution in [0.2, 0.25) is 0 Å².